The molecule has 1 aromatic carbocycles. The molecular weight excluding hydrogens is 427 g/mol. The van der Waals surface area contributed by atoms with Gasteiger partial charge in [0.1, 0.15) is 11.4 Å². The van der Waals surface area contributed by atoms with Crippen LogP contribution in [0.5, 0.6) is 5.75 Å². The van der Waals surface area contributed by atoms with Gasteiger partial charge in [-0.05, 0) is 24.6 Å². The first kappa shape index (κ1) is 20.8. The first-order valence-electron chi connectivity index (χ1n) is 10.5. The topological polar surface area (TPSA) is 94.6 Å². The van der Waals surface area contributed by atoms with Gasteiger partial charge in [-0.1, -0.05) is 12.1 Å². The summed E-state index contributed by atoms with van der Waals surface area (Å²) in [7, 11) is 1.65. The molecule has 33 heavy (non-hydrogen) atoms. The van der Waals surface area contributed by atoms with Crippen LogP contribution < -0.4 is 4.74 Å². The zero-order chi connectivity index (χ0) is 22.9. The Morgan fingerprint density at radius 1 is 1.18 bits per heavy atom. The van der Waals surface area contributed by atoms with E-state index < -0.39 is 6.86 Å². The fraction of sp³-hybridized carbons (Fsp3) is 0.261. The van der Waals surface area contributed by atoms with Crippen LogP contribution in [0.25, 0.3) is 17.0 Å². The molecule has 0 atom stereocenters. The molecule has 10 heteroatoms. The molecule has 9 nitrogen and oxygen atoms in total. The molecule has 1 aliphatic heterocycles. The third-order valence-electron chi connectivity index (χ3n) is 5.65. The molecule has 1 fully saturated rings. The Morgan fingerprint density at radius 2 is 2.03 bits per heavy atom. The smallest absolute Gasteiger partial charge is 0.257 e. The number of carbonyl (C=O) groups excluding carboxylic acids is 2. The Kier molecular flexibility index (Phi) is 5.33. The number of alkyl halides is 1. The first-order chi connectivity index (χ1) is 16.0. The molecule has 1 amide bonds. The number of nitrogens with zero attached hydrogens (tertiary/aromatic N) is 6. The van der Waals surface area contributed by atoms with Crippen LogP contribution in [0.1, 0.15) is 33.0 Å². The number of aromatic nitrogens is 5. The summed E-state index contributed by atoms with van der Waals surface area (Å²) in [5.74, 6) is 0.427. The normalized spacial score (nSPS) is 13.2. The number of benzene rings is 1. The van der Waals surface area contributed by atoms with Gasteiger partial charge in [-0.25, -0.2) is 14.4 Å². The molecule has 4 aromatic rings. The summed E-state index contributed by atoms with van der Waals surface area (Å²) in [5.41, 5.74) is 2.53. The van der Waals surface area contributed by atoms with Gasteiger partial charge in [0.05, 0.1) is 29.6 Å². The number of rotatable bonds is 7. The highest BCUT2D eigenvalue weighted by atomic mass is 19.1. The number of hydrogen-bond acceptors (Lipinski definition) is 6. The summed E-state index contributed by atoms with van der Waals surface area (Å²) >= 11 is 0. The number of fused-ring (bicyclic) bond motifs is 1. The minimum Gasteiger partial charge on any atom is -0.463 e. The van der Waals surface area contributed by atoms with Crippen molar-refractivity contribution in [3.05, 3.63) is 65.9 Å². The summed E-state index contributed by atoms with van der Waals surface area (Å²) in [6.07, 6.45) is 6.01. The van der Waals surface area contributed by atoms with Crippen molar-refractivity contribution in [3.63, 3.8) is 0 Å². The summed E-state index contributed by atoms with van der Waals surface area (Å²) in [6.45, 7) is 0.491. The second kappa shape index (κ2) is 8.45. The van der Waals surface area contributed by atoms with E-state index in [1.165, 1.54) is 10.9 Å². The summed E-state index contributed by atoms with van der Waals surface area (Å²) in [5, 5.41) is 4.13. The lowest BCUT2D eigenvalue weighted by Crippen LogP contribution is -2.42. The lowest BCUT2D eigenvalue weighted by molar-refractivity contribution is 0.0647. The highest BCUT2D eigenvalue weighted by Gasteiger charge is 2.28. The van der Waals surface area contributed by atoms with E-state index in [2.05, 4.69) is 15.1 Å². The zero-order valence-corrected chi connectivity index (χ0v) is 17.9. The third kappa shape index (κ3) is 3.95. The minimum absolute atomic E-state index is 0.0122. The number of amides is 1. The van der Waals surface area contributed by atoms with Gasteiger partial charge < -0.3 is 9.64 Å². The predicted molar refractivity (Wildman–Crippen MR) is 117 cm³/mol. The number of likely N-dealkylation sites (tertiary alicyclic amines) is 1. The molecule has 0 unspecified atom stereocenters. The number of carbonyl (C=O) groups is 2. The summed E-state index contributed by atoms with van der Waals surface area (Å²) < 4.78 is 20.6. The molecule has 1 aliphatic rings. The van der Waals surface area contributed by atoms with Gasteiger partial charge in [-0.15, -0.1) is 0 Å². The first-order valence-corrected chi connectivity index (χ1v) is 10.5. The molecule has 0 radical (unpaired) electrons. The van der Waals surface area contributed by atoms with Crippen LogP contribution in [0.2, 0.25) is 0 Å². The highest BCUT2D eigenvalue weighted by molar-refractivity contribution is 6.07. The molecule has 0 aliphatic carbocycles. The molecule has 168 valence electrons. The van der Waals surface area contributed by atoms with E-state index in [0.29, 0.717) is 41.6 Å². The van der Waals surface area contributed by atoms with E-state index in [1.807, 2.05) is 6.07 Å². The maximum absolute atomic E-state index is 13.1. The molecule has 0 N–H and O–H groups in total. The Morgan fingerprint density at radius 3 is 2.79 bits per heavy atom. The summed E-state index contributed by atoms with van der Waals surface area (Å²) in [6, 6.07) is 8.71. The largest absolute Gasteiger partial charge is 0.463 e. The van der Waals surface area contributed by atoms with Gasteiger partial charge in [0, 0.05) is 38.1 Å². The van der Waals surface area contributed by atoms with Crippen molar-refractivity contribution >= 4 is 17.5 Å². The van der Waals surface area contributed by atoms with Crippen LogP contribution in [0.15, 0.2) is 48.9 Å². The van der Waals surface area contributed by atoms with Gasteiger partial charge in [0.15, 0.2) is 5.78 Å². The van der Waals surface area contributed by atoms with E-state index >= 15 is 0 Å². The van der Waals surface area contributed by atoms with E-state index in [0.717, 1.165) is 12.0 Å². The quantitative estimate of drug-likeness (QED) is 0.404. The molecule has 0 saturated carbocycles. The fourth-order valence-corrected chi connectivity index (χ4v) is 3.82. The predicted octanol–water partition coefficient (Wildman–Crippen LogP) is 2.71. The van der Waals surface area contributed by atoms with Crippen LogP contribution >= 0.6 is 0 Å². The SMILES string of the molecule is Cn1ncc(C(=O)N2CCC2)c1C(=O)Cc1ccn2cc(-c3cccc(OCF)c3)nc2n1. The number of ether oxygens (including phenoxy) is 1. The average molecular weight is 448 g/mol. The van der Waals surface area contributed by atoms with Gasteiger partial charge in [-0.2, -0.15) is 5.10 Å². The lowest BCUT2D eigenvalue weighted by atomic mass is 10.1. The molecule has 5 rings (SSSR count). The molecule has 4 heterocycles. The number of ketones is 1. The van der Waals surface area contributed by atoms with Crippen LogP contribution in [0, 0.1) is 0 Å². The van der Waals surface area contributed by atoms with E-state index in [1.54, 1.807) is 53.0 Å². The van der Waals surface area contributed by atoms with Crippen LogP contribution in [0.4, 0.5) is 4.39 Å². The van der Waals surface area contributed by atoms with Crippen molar-refractivity contribution in [2.75, 3.05) is 20.0 Å². The second-order valence-corrected chi connectivity index (χ2v) is 7.81. The van der Waals surface area contributed by atoms with Crippen molar-refractivity contribution in [1.82, 2.24) is 29.0 Å². The van der Waals surface area contributed by atoms with Crippen molar-refractivity contribution in [3.8, 4) is 17.0 Å². The number of hydrogen-bond donors (Lipinski definition) is 0. The van der Waals surface area contributed by atoms with Crippen LogP contribution in [-0.2, 0) is 13.5 Å². The third-order valence-corrected chi connectivity index (χ3v) is 5.65. The Bertz CT molecular complexity index is 1360. The number of Topliss-reactive ketones (excluding diaryl/α,β-unsaturated/α-hetero) is 1. The van der Waals surface area contributed by atoms with Crippen molar-refractivity contribution in [1.29, 1.82) is 0 Å². The molecular formula is C23H21FN6O3. The monoisotopic (exact) mass is 448 g/mol. The van der Waals surface area contributed by atoms with E-state index in [9.17, 15) is 14.0 Å². The van der Waals surface area contributed by atoms with Crippen molar-refractivity contribution in [2.45, 2.75) is 12.8 Å². The van der Waals surface area contributed by atoms with Gasteiger partial charge in [0.2, 0.25) is 12.6 Å². The van der Waals surface area contributed by atoms with Crippen LogP contribution in [0.3, 0.4) is 0 Å². The van der Waals surface area contributed by atoms with E-state index in [-0.39, 0.29) is 23.8 Å². The van der Waals surface area contributed by atoms with Gasteiger partial charge in [-0.3, -0.25) is 18.7 Å². The second-order valence-electron chi connectivity index (χ2n) is 7.81. The van der Waals surface area contributed by atoms with Gasteiger partial charge in [0.25, 0.3) is 5.91 Å². The Hall–Kier alpha value is -4.08. The van der Waals surface area contributed by atoms with Crippen molar-refractivity contribution < 1.29 is 18.7 Å². The molecule has 0 bridgehead atoms. The maximum atomic E-state index is 13.1. The molecule has 0 spiro atoms. The maximum Gasteiger partial charge on any atom is 0.257 e. The zero-order valence-electron chi connectivity index (χ0n) is 17.9. The Labute approximate surface area is 188 Å². The van der Waals surface area contributed by atoms with Crippen molar-refractivity contribution in [2.24, 2.45) is 7.05 Å². The standard InChI is InChI=1S/C23H21FN6O3/c1-28-21(18(12-25-28)22(32)29-7-3-8-29)20(31)11-16-6-9-30-13-19(27-23(30)26-16)15-4-2-5-17(10-15)33-14-24/h2,4-6,9-10,12-13H,3,7-8,11,14H2,1H3. The number of halogens is 1. The fourth-order valence-electron chi connectivity index (χ4n) is 3.82. The van der Waals surface area contributed by atoms with Gasteiger partial charge >= 0.3 is 0 Å². The minimum atomic E-state index is -0.907. The number of imidazole rings is 1. The molecule has 3 aromatic heterocycles. The van der Waals surface area contributed by atoms with Crippen LogP contribution in [-0.4, -0.2) is 60.7 Å². The summed E-state index contributed by atoms with van der Waals surface area (Å²) in [4.78, 5) is 36.5. The lowest BCUT2D eigenvalue weighted by Gasteiger charge is -2.30. The Balaban J connectivity index is 1.39. The molecule has 1 saturated heterocycles. The van der Waals surface area contributed by atoms with E-state index in [4.69, 9.17) is 4.74 Å². The number of aryl methyl sites for hydroxylation is 1. The highest BCUT2D eigenvalue weighted by Crippen LogP contribution is 2.24. The average Bonchev–Trinajstić information content (AvgIpc) is 3.36.